The number of likely N-dealkylation sites (tertiary alicyclic amines) is 1. The summed E-state index contributed by atoms with van der Waals surface area (Å²) >= 11 is 0. The third-order valence-corrected chi connectivity index (χ3v) is 4.24. The molecule has 15 heavy (non-hydrogen) atoms. The molecule has 1 aliphatic heterocycles. The number of nitrogens with one attached hydrogen (secondary N) is 1. The normalized spacial score (nSPS) is 25.3. The Balaban J connectivity index is 1.88. The highest BCUT2D eigenvalue weighted by molar-refractivity contribution is 5.73. The van der Waals surface area contributed by atoms with Gasteiger partial charge in [0.2, 0.25) is 0 Å². The highest BCUT2D eigenvalue weighted by Crippen LogP contribution is 2.44. The molecule has 86 valence electrons. The van der Waals surface area contributed by atoms with Gasteiger partial charge in [0.05, 0.1) is 0 Å². The first kappa shape index (κ1) is 10.8. The van der Waals surface area contributed by atoms with Gasteiger partial charge in [0.25, 0.3) is 0 Å². The minimum absolute atomic E-state index is 0.0978. The van der Waals surface area contributed by atoms with E-state index < -0.39 is 0 Å². The Morgan fingerprint density at radius 3 is 2.20 bits per heavy atom. The Morgan fingerprint density at radius 2 is 1.67 bits per heavy atom. The molecule has 0 aromatic rings. The summed E-state index contributed by atoms with van der Waals surface area (Å²) in [6, 6.07) is 0.0978. The van der Waals surface area contributed by atoms with Crippen molar-refractivity contribution in [1.29, 1.82) is 0 Å². The molecule has 3 heteroatoms. The van der Waals surface area contributed by atoms with Gasteiger partial charge in [-0.3, -0.25) is 0 Å². The van der Waals surface area contributed by atoms with E-state index in [4.69, 9.17) is 0 Å². The lowest BCUT2D eigenvalue weighted by atomic mass is 9.68. The van der Waals surface area contributed by atoms with E-state index >= 15 is 0 Å². The minimum atomic E-state index is 0.0978. The lowest BCUT2D eigenvalue weighted by Crippen LogP contribution is -2.46. The summed E-state index contributed by atoms with van der Waals surface area (Å²) in [7, 11) is 1.72. The van der Waals surface area contributed by atoms with Crippen LogP contribution in [0.4, 0.5) is 4.79 Å². The number of amides is 2. The van der Waals surface area contributed by atoms with Crippen LogP contribution in [-0.2, 0) is 0 Å². The molecule has 2 rings (SSSR count). The molecule has 2 fully saturated rings. The predicted octanol–water partition coefficient (Wildman–Crippen LogP) is 2.37. The van der Waals surface area contributed by atoms with E-state index in [1.54, 1.807) is 7.05 Å². The van der Waals surface area contributed by atoms with Crippen molar-refractivity contribution in [3.05, 3.63) is 0 Å². The van der Waals surface area contributed by atoms with Crippen LogP contribution in [0.3, 0.4) is 0 Å². The molecule has 3 nitrogen and oxygen atoms in total. The Labute approximate surface area is 92.2 Å². The zero-order valence-corrected chi connectivity index (χ0v) is 9.72. The first-order chi connectivity index (χ1) is 7.26. The van der Waals surface area contributed by atoms with Crippen LogP contribution in [0.25, 0.3) is 0 Å². The molecule has 1 saturated carbocycles. The standard InChI is InChI=1S/C12H22N2O/c1-13-11(15)14-9-7-12(8-10-14)5-3-2-4-6-12/h2-10H2,1H3,(H,13,15). The van der Waals surface area contributed by atoms with Crippen molar-refractivity contribution in [2.45, 2.75) is 44.9 Å². The second kappa shape index (κ2) is 4.42. The topological polar surface area (TPSA) is 32.3 Å². The smallest absolute Gasteiger partial charge is 0.317 e. The maximum Gasteiger partial charge on any atom is 0.317 e. The Morgan fingerprint density at radius 1 is 1.07 bits per heavy atom. The van der Waals surface area contributed by atoms with Crippen molar-refractivity contribution in [3.63, 3.8) is 0 Å². The summed E-state index contributed by atoms with van der Waals surface area (Å²) < 4.78 is 0. The summed E-state index contributed by atoms with van der Waals surface area (Å²) in [6.45, 7) is 1.92. The molecule has 1 saturated heterocycles. The summed E-state index contributed by atoms with van der Waals surface area (Å²) in [5.41, 5.74) is 0.600. The number of rotatable bonds is 0. The Hall–Kier alpha value is -0.730. The van der Waals surface area contributed by atoms with Gasteiger partial charge in [0.1, 0.15) is 0 Å². The zero-order valence-electron chi connectivity index (χ0n) is 9.72. The number of nitrogens with zero attached hydrogens (tertiary/aromatic N) is 1. The number of hydrogen-bond acceptors (Lipinski definition) is 1. The van der Waals surface area contributed by atoms with Gasteiger partial charge in [-0.25, -0.2) is 4.79 Å². The van der Waals surface area contributed by atoms with Crippen molar-refractivity contribution >= 4 is 6.03 Å². The molecule has 0 atom stereocenters. The molecule has 0 aromatic heterocycles. The lowest BCUT2D eigenvalue weighted by molar-refractivity contribution is 0.0818. The molecular weight excluding hydrogens is 188 g/mol. The fraction of sp³-hybridized carbons (Fsp3) is 0.917. The van der Waals surface area contributed by atoms with Gasteiger partial charge in [0, 0.05) is 20.1 Å². The van der Waals surface area contributed by atoms with Crippen molar-refractivity contribution in [2.24, 2.45) is 5.41 Å². The third kappa shape index (κ3) is 2.27. The summed E-state index contributed by atoms with van der Waals surface area (Å²) in [4.78, 5) is 13.4. The van der Waals surface area contributed by atoms with E-state index in [0.717, 1.165) is 13.1 Å². The van der Waals surface area contributed by atoms with Gasteiger partial charge in [0.15, 0.2) is 0 Å². The second-order valence-electron chi connectivity index (χ2n) is 5.10. The van der Waals surface area contributed by atoms with Crippen LogP contribution in [0.5, 0.6) is 0 Å². The first-order valence-corrected chi connectivity index (χ1v) is 6.22. The maximum absolute atomic E-state index is 11.5. The molecule has 1 heterocycles. The number of urea groups is 1. The number of piperidine rings is 1. The quantitative estimate of drug-likeness (QED) is 0.654. The van der Waals surface area contributed by atoms with Crippen LogP contribution in [-0.4, -0.2) is 31.1 Å². The lowest BCUT2D eigenvalue weighted by Gasteiger charge is -2.44. The van der Waals surface area contributed by atoms with E-state index in [0.29, 0.717) is 5.41 Å². The third-order valence-electron chi connectivity index (χ3n) is 4.24. The zero-order chi connectivity index (χ0) is 10.7. The van der Waals surface area contributed by atoms with E-state index in [2.05, 4.69) is 5.32 Å². The first-order valence-electron chi connectivity index (χ1n) is 6.22. The van der Waals surface area contributed by atoms with Crippen LogP contribution in [0.1, 0.15) is 44.9 Å². The van der Waals surface area contributed by atoms with Crippen LogP contribution in [0, 0.1) is 5.41 Å². The van der Waals surface area contributed by atoms with E-state index in [9.17, 15) is 4.79 Å². The molecule has 0 unspecified atom stereocenters. The van der Waals surface area contributed by atoms with Crippen molar-refractivity contribution < 1.29 is 4.79 Å². The van der Waals surface area contributed by atoms with Crippen molar-refractivity contribution in [2.75, 3.05) is 20.1 Å². The number of carbonyl (C=O) groups is 1. The highest BCUT2D eigenvalue weighted by atomic mass is 16.2. The van der Waals surface area contributed by atoms with Gasteiger partial charge in [-0.1, -0.05) is 19.3 Å². The monoisotopic (exact) mass is 210 g/mol. The molecule has 0 bridgehead atoms. The summed E-state index contributed by atoms with van der Waals surface area (Å²) in [5, 5.41) is 2.71. The predicted molar refractivity (Wildman–Crippen MR) is 60.8 cm³/mol. The maximum atomic E-state index is 11.5. The molecule has 1 aliphatic carbocycles. The van der Waals surface area contributed by atoms with Gasteiger partial charge in [-0.05, 0) is 31.1 Å². The Kier molecular flexibility index (Phi) is 3.17. The van der Waals surface area contributed by atoms with E-state index in [-0.39, 0.29) is 6.03 Å². The molecule has 1 N–H and O–H groups in total. The van der Waals surface area contributed by atoms with Crippen LogP contribution >= 0.6 is 0 Å². The summed E-state index contributed by atoms with van der Waals surface area (Å²) in [6.07, 6.45) is 9.46. The molecule has 0 aromatic carbocycles. The van der Waals surface area contributed by atoms with Gasteiger partial charge in [-0.15, -0.1) is 0 Å². The van der Waals surface area contributed by atoms with Gasteiger partial charge >= 0.3 is 6.03 Å². The Bertz CT molecular complexity index is 224. The number of carbonyl (C=O) groups excluding carboxylic acids is 1. The van der Waals surface area contributed by atoms with Crippen molar-refractivity contribution in [1.82, 2.24) is 10.2 Å². The largest absolute Gasteiger partial charge is 0.341 e. The molecule has 1 spiro atoms. The van der Waals surface area contributed by atoms with Gasteiger partial charge < -0.3 is 10.2 Å². The fourth-order valence-corrected chi connectivity index (χ4v) is 3.14. The SMILES string of the molecule is CNC(=O)N1CCC2(CCCCC2)CC1. The molecule has 2 aliphatic rings. The average Bonchev–Trinajstić information content (AvgIpc) is 2.30. The van der Waals surface area contributed by atoms with E-state index in [1.165, 1.54) is 44.9 Å². The fourth-order valence-electron chi connectivity index (χ4n) is 3.14. The second-order valence-corrected chi connectivity index (χ2v) is 5.10. The number of hydrogen-bond donors (Lipinski definition) is 1. The van der Waals surface area contributed by atoms with Crippen LogP contribution in [0.15, 0.2) is 0 Å². The molecule has 0 radical (unpaired) electrons. The van der Waals surface area contributed by atoms with Crippen molar-refractivity contribution in [3.8, 4) is 0 Å². The highest BCUT2D eigenvalue weighted by Gasteiger charge is 2.36. The molecular formula is C12H22N2O. The minimum Gasteiger partial charge on any atom is -0.341 e. The molecule has 2 amide bonds. The van der Waals surface area contributed by atoms with Crippen LogP contribution < -0.4 is 5.32 Å². The average molecular weight is 210 g/mol. The van der Waals surface area contributed by atoms with E-state index in [1.807, 2.05) is 4.90 Å². The summed E-state index contributed by atoms with van der Waals surface area (Å²) in [5.74, 6) is 0. The van der Waals surface area contributed by atoms with Crippen LogP contribution in [0.2, 0.25) is 0 Å². The van der Waals surface area contributed by atoms with Gasteiger partial charge in [-0.2, -0.15) is 0 Å².